The molecule has 0 fully saturated rings. The minimum absolute atomic E-state index is 0.0203. The zero-order chi connectivity index (χ0) is 28.7. The Morgan fingerprint density at radius 1 is 1.25 bits per heavy atom. The van der Waals surface area contributed by atoms with Crippen LogP contribution in [0.5, 0.6) is 0 Å². The van der Waals surface area contributed by atoms with Crippen molar-refractivity contribution < 1.29 is 28.6 Å². The van der Waals surface area contributed by atoms with Crippen molar-refractivity contribution in [2.75, 3.05) is 11.6 Å². The van der Waals surface area contributed by atoms with Crippen molar-refractivity contribution in [1.82, 2.24) is 15.0 Å². The molecule has 6 rings (SSSR count). The number of nitrogens with one attached hydrogen (secondary N) is 1. The van der Waals surface area contributed by atoms with Gasteiger partial charge in [0.05, 0.1) is 34.7 Å². The predicted octanol–water partition coefficient (Wildman–Crippen LogP) is 3.72. The molecule has 0 spiro atoms. The Labute approximate surface area is 229 Å². The van der Waals surface area contributed by atoms with Gasteiger partial charge in [0.1, 0.15) is 18.0 Å². The summed E-state index contributed by atoms with van der Waals surface area (Å²) in [6, 6.07) is 2.99. The number of aliphatic hydroxyl groups is 1. The first-order valence-corrected chi connectivity index (χ1v) is 13.4. The number of hydrogen-bond donors (Lipinski definition) is 2. The molecule has 5 heterocycles. The van der Waals surface area contributed by atoms with E-state index >= 15 is 4.39 Å². The summed E-state index contributed by atoms with van der Waals surface area (Å²) < 4.78 is 27.4. The van der Waals surface area contributed by atoms with E-state index in [2.05, 4.69) is 5.43 Å². The second-order valence-corrected chi connectivity index (χ2v) is 11.6. The number of nitrogens with zero attached hydrogens (tertiary/aromatic N) is 3. The molecular formula is C29H31FN4O6. The second-order valence-electron chi connectivity index (χ2n) is 11.6. The molecule has 3 aliphatic rings. The Bertz CT molecular complexity index is 1690. The van der Waals surface area contributed by atoms with Crippen LogP contribution in [0.15, 0.2) is 16.9 Å². The lowest BCUT2D eigenvalue weighted by atomic mass is 9.86. The first-order chi connectivity index (χ1) is 18.8. The molecule has 3 aliphatic heterocycles. The first kappa shape index (κ1) is 26.2. The standard InChI is InChI=1S/C29H31FN4O6/c1-6-29(38)18-10-21-23-16(12-33(21)25(35)17(18)13-39-26(29)36)24-22-15(14(2)19(30)11-20(22)31-23)8-7-9-34(24)32-27(37)40-28(3,4)5/h10-11,38H,6-9,12-13H2,1-5H3,(H,32,37)/t29-/m0/s1. The minimum atomic E-state index is -1.96. The Morgan fingerprint density at radius 2 is 2.00 bits per heavy atom. The molecule has 10 nitrogen and oxygen atoms in total. The van der Waals surface area contributed by atoms with Crippen LogP contribution in [-0.4, -0.2) is 38.9 Å². The summed E-state index contributed by atoms with van der Waals surface area (Å²) in [5.74, 6) is -1.20. The smallest absolute Gasteiger partial charge is 0.426 e. The number of benzene rings is 1. The average molecular weight is 551 g/mol. The summed E-state index contributed by atoms with van der Waals surface area (Å²) in [7, 11) is 0. The van der Waals surface area contributed by atoms with E-state index in [-0.39, 0.29) is 30.7 Å². The predicted molar refractivity (Wildman–Crippen MR) is 144 cm³/mol. The number of hydrogen-bond acceptors (Lipinski definition) is 8. The Kier molecular flexibility index (Phi) is 5.74. The molecule has 210 valence electrons. The van der Waals surface area contributed by atoms with E-state index in [9.17, 15) is 19.5 Å². The number of amides is 1. The molecule has 1 atom stereocenters. The summed E-state index contributed by atoms with van der Waals surface area (Å²) in [5.41, 5.74) is 4.01. The summed E-state index contributed by atoms with van der Waals surface area (Å²) in [5, 5.41) is 13.6. The number of ether oxygens (including phenoxy) is 2. The maximum atomic E-state index is 15.1. The van der Waals surface area contributed by atoms with Crippen LogP contribution in [0.25, 0.3) is 22.3 Å². The SMILES string of the molecule is CC[C@@]1(O)C(=O)OCc2c1cc1n(c2=O)Cc2c-1nc1cc(F)c(C)c3c1c2N(NC(=O)OC(C)(C)C)CCC3. The highest BCUT2D eigenvalue weighted by Gasteiger charge is 2.46. The number of carbonyl (C=O) groups is 2. The van der Waals surface area contributed by atoms with Gasteiger partial charge >= 0.3 is 12.1 Å². The lowest BCUT2D eigenvalue weighted by molar-refractivity contribution is -0.172. The van der Waals surface area contributed by atoms with Crippen molar-refractivity contribution in [1.29, 1.82) is 0 Å². The number of cyclic esters (lactones) is 1. The molecule has 1 aromatic carbocycles. The largest absolute Gasteiger partial charge is 0.458 e. The Hall–Kier alpha value is -3.99. The number of halogens is 1. The van der Waals surface area contributed by atoms with Gasteiger partial charge in [-0.2, -0.15) is 0 Å². The molecular weight excluding hydrogens is 519 g/mol. The fraction of sp³-hybridized carbons (Fsp3) is 0.448. The number of hydrazine groups is 1. The van der Waals surface area contributed by atoms with Crippen molar-refractivity contribution in [3.05, 3.63) is 56.1 Å². The molecule has 40 heavy (non-hydrogen) atoms. The maximum Gasteiger partial charge on any atom is 0.426 e. The lowest BCUT2D eigenvalue weighted by Gasteiger charge is -2.31. The summed E-state index contributed by atoms with van der Waals surface area (Å²) in [6.07, 6.45) is 0.583. The van der Waals surface area contributed by atoms with Gasteiger partial charge in [-0.3, -0.25) is 9.80 Å². The summed E-state index contributed by atoms with van der Waals surface area (Å²) in [6.45, 7) is 9.00. The first-order valence-electron chi connectivity index (χ1n) is 13.4. The Morgan fingerprint density at radius 3 is 2.70 bits per heavy atom. The molecule has 0 unspecified atom stereocenters. The van der Waals surface area contributed by atoms with Crippen molar-refractivity contribution in [2.45, 2.75) is 78.2 Å². The van der Waals surface area contributed by atoms with Crippen LogP contribution in [0.3, 0.4) is 0 Å². The fourth-order valence-electron chi connectivity index (χ4n) is 6.02. The molecule has 11 heteroatoms. The van der Waals surface area contributed by atoms with Gasteiger partial charge < -0.3 is 19.1 Å². The highest BCUT2D eigenvalue weighted by Crippen LogP contribution is 2.45. The van der Waals surface area contributed by atoms with Gasteiger partial charge in [0, 0.05) is 29.1 Å². The molecule has 2 N–H and O–H groups in total. The third kappa shape index (κ3) is 3.78. The van der Waals surface area contributed by atoms with Crippen molar-refractivity contribution in [2.24, 2.45) is 0 Å². The number of rotatable bonds is 2. The van der Waals surface area contributed by atoms with Crippen LogP contribution < -0.4 is 16.0 Å². The second kappa shape index (κ2) is 8.76. The van der Waals surface area contributed by atoms with Gasteiger partial charge in [0.2, 0.25) is 0 Å². The van der Waals surface area contributed by atoms with Crippen LogP contribution in [0.1, 0.15) is 68.4 Å². The average Bonchev–Trinajstić information content (AvgIpc) is 3.13. The molecule has 0 saturated carbocycles. The molecule has 1 amide bonds. The van der Waals surface area contributed by atoms with Crippen molar-refractivity contribution in [3.63, 3.8) is 0 Å². The molecule has 2 aromatic heterocycles. The number of anilines is 1. The monoisotopic (exact) mass is 550 g/mol. The lowest BCUT2D eigenvalue weighted by Crippen LogP contribution is -2.45. The third-order valence-electron chi connectivity index (χ3n) is 7.98. The van der Waals surface area contributed by atoms with E-state index in [4.69, 9.17) is 14.5 Å². The highest BCUT2D eigenvalue weighted by molar-refractivity contribution is 6.01. The number of fused-ring (bicyclic) bond motifs is 5. The zero-order valence-electron chi connectivity index (χ0n) is 23.1. The topological polar surface area (TPSA) is 123 Å². The van der Waals surface area contributed by atoms with E-state index in [0.29, 0.717) is 58.5 Å². The maximum absolute atomic E-state index is 15.1. The van der Waals surface area contributed by atoms with Crippen LogP contribution >= 0.6 is 0 Å². The van der Waals surface area contributed by atoms with E-state index in [1.54, 1.807) is 45.7 Å². The third-order valence-corrected chi connectivity index (χ3v) is 7.98. The molecule has 0 radical (unpaired) electrons. The normalized spacial score (nSPS) is 19.5. The number of aromatic nitrogens is 2. The van der Waals surface area contributed by atoms with E-state index < -0.39 is 34.6 Å². The molecule has 3 aromatic rings. The Balaban J connectivity index is 1.61. The van der Waals surface area contributed by atoms with Gasteiger partial charge in [-0.1, -0.05) is 6.92 Å². The number of pyridine rings is 2. The van der Waals surface area contributed by atoms with Gasteiger partial charge in [-0.05, 0) is 64.2 Å². The van der Waals surface area contributed by atoms with Crippen LogP contribution in [0.4, 0.5) is 14.9 Å². The van der Waals surface area contributed by atoms with Crippen molar-refractivity contribution >= 4 is 28.7 Å². The van der Waals surface area contributed by atoms with Gasteiger partial charge in [0.25, 0.3) is 5.56 Å². The highest BCUT2D eigenvalue weighted by atomic mass is 19.1. The van der Waals surface area contributed by atoms with Gasteiger partial charge in [-0.25, -0.2) is 24.4 Å². The summed E-state index contributed by atoms with van der Waals surface area (Å²) in [4.78, 5) is 44.0. The molecule has 0 saturated heterocycles. The molecule has 0 aliphatic carbocycles. The quantitative estimate of drug-likeness (QED) is 0.362. The zero-order valence-corrected chi connectivity index (χ0v) is 23.1. The van der Waals surface area contributed by atoms with Crippen LogP contribution in [0, 0.1) is 12.7 Å². The minimum Gasteiger partial charge on any atom is -0.458 e. The van der Waals surface area contributed by atoms with Gasteiger partial charge in [0.15, 0.2) is 5.60 Å². The van der Waals surface area contributed by atoms with E-state index in [1.165, 1.54) is 10.6 Å². The fourth-order valence-corrected chi connectivity index (χ4v) is 6.02. The van der Waals surface area contributed by atoms with E-state index in [1.807, 2.05) is 0 Å². The van der Waals surface area contributed by atoms with Crippen molar-refractivity contribution in [3.8, 4) is 11.4 Å². The van der Waals surface area contributed by atoms with Gasteiger partial charge in [-0.15, -0.1) is 0 Å². The number of esters is 1. The number of aryl methyl sites for hydroxylation is 1. The van der Waals surface area contributed by atoms with Crippen LogP contribution in [0.2, 0.25) is 0 Å². The van der Waals surface area contributed by atoms with E-state index in [0.717, 1.165) is 5.56 Å². The van der Waals surface area contributed by atoms with Crippen LogP contribution in [-0.2, 0) is 39.4 Å². The number of carbonyl (C=O) groups excluding carboxylic acids is 2. The summed E-state index contributed by atoms with van der Waals surface area (Å²) >= 11 is 0. The molecule has 0 bridgehead atoms.